The van der Waals surface area contributed by atoms with Gasteiger partial charge in [0.15, 0.2) is 0 Å². The average Bonchev–Trinajstić information content (AvgIpc) is 2.96. The zero-order valence-corrected chi connectivity index (χ0v) is 13.2. The number of thiazole rings is 1. The molecule has 0 radical (unpaired) electrons. The average molecular weight is 327 g/mol. The Balaban J connectivity index is 1.78. The number of aromatic nitrogens is 2. The van der Waals surface area contributed by atoms with Gasteiger partial charge in [0.1, 0.15) is 15.7 Å². The van der Waals surface area contributed by atoms with Gasteiger partial charge in [-0.1, -0.05) is 12.1 Å². The van der Waals surface area contributed by atoms with Gasteiger partial charge in [-0.15, -0.1) is 11.3 Å². The van der Waals surface area contributed by atoms with Crippen molar-refractivity contribution in [2.75, 3.05) is 0 Å². The summed E-state index contributed by atoms with van der Waals surface area (Å²) in [5.74, 6) is -0.551. The fraction of sp³-hybridized carbons (Fsp3) is 0.118. The van der Waals surface area contributed by atoms with Crippen molar-refractivity contribution in [2.24, 2.45) is 0 Å². The molecule has 0 saturated carbocycles. The highest BCUT2D eigenvalue weighted by Gasteiger charge is 2.17. The van der Waals surface area contributed by atoms with Crippen LogP contribution in [0.3, 0.4) is 0 Å². The number of nitrogens with zero attached hydrogens (tertiary/aromatic N) is 2. The van der Waals surface area contributed by atoms with Gasteiger partial charge in [-0.3, -0.25) is 9.78 Å². The third-order valence-electron chi connectivity index (χ3n) is 3.31. The van der Waals surface area contributed by atoms with Gasteiger partial charge in [0.2, 0.25) is 0 Å². The van der Waals surface area contributed by atoms with Gasteiger partial charge in [0.25, 0.3) is 5.91 Å². The van der Waals surface area contributed by atoms with Crippen LogP contribution in [-0.4, -0.2) is 15.9 Å². The summed E-state index contributed by atoms with van der Waals surface area (Å²) in [5, 5.41) is 3.35. The number of pyridine rings is 1. The summed E-state index contributed by atoms with van der Waals surface area (Å²) in [4.78, 5) is 21.1. The number of nitrogens with one attached hydrogen (secondary N) is 1. The number of rotatable bonds is 4. The summed E-state index contributed by atoms with van der Waals surface area (Å²) >= 11 is 1.19. The van der Waals surface area contributed by atoms with Crippen molar-refractivity contribution in [3.8, 4) is 10.6 Å². The van der Waals surface area contributed by atoms with Crippen LogP contribution >= 0.6 is 11.3 Å². The van der Waals surface area contributed by atoms with Crippen molar-refractivity contribution in [1.82, 2.24) is 15.3 Å². The molecule has 6 heteroatoms. The molecule has 0 fully saturated rings. The first-order valence-electron chi connectivity index (χ1n) is 7.04. The molecule has 0 aliphatic rings. The monoisotopic (exact) mass is 327 g/mol. The maximum absolute atomic E-state index is 13.8. The van der Waals surface area contributed by atoms with Crippen LogP contribution < -0.4 is 5.32 Å². The zero-order chi connectivity index (χ0) is 16.2. The molecule has 0 bridgehead atoms. The second-order valence-electron chi connectivity index (χ2n) is 4.95. The number of hydrogen-bond acceptors (Lipinski definition) is 4. The molecule has 1 amide bonds. The molecule has 0 unspecified atom stereocenters. The zero-order valence-electron chi connectivity index (χ0n) is 12.4. The Morgan fingerprint density at radius 2 is 1.96 bits per heavy atom. The van der Waals surface area contributed by atoms with Crippen LogP contribution in [0.15, 0.2) is 48.8 Å². The Labute approximate surface area is 137 Å². The minimum atomic E-state index is -0.343. The van der Waals surface area contributed by atoms with E-state index in [1.165, 1.54) is 17.4 Å². The lowest BCUT2D eigenvalue weighted by molar-refractivity contribution is 0.0954. The number of benzene rings is 1. The number of carbonyl (C=O) groups excluding carboxylic acids is 1. The van der Waals surface area contributed by atoms with Gasteiger partial charge >= 0.3 is 0 Å². The number of carbonyl (C=O) groups is 1. The largest absolute Gasteiger partial charge is 0.347 e. The summed E-state index contributed by atoms with van der Waals surface area (Å²) in [6.07, 6.45) is 3.35. The molecule has 3 aromatic rings. The summed E-state index contributed by atoms with van der Waals surface area (Å²) in [6, 6.07) is 10.1. The van der Waals surface area contributed by atoms with E-state index in [1.54, 1.807) is 37.5 Å². The Hall–Kier alpha value is -2.60. The quantitative estimate of drug-likeness (QED) is 0.797. The third kappa shape index (κ3) is 3.43. The SMILES string of the molecule is Cc1nc(-c2ccccc2F)sc1C(=O)NCc1ccncc1. The molecule has 0 spiro atoms. The first kappa shape index (κ1) is 15.3. The number of halogens is 1. The molecule has 3 rings (SSSR count). The van der Waals surface area contributed by atoms with Gasteiger partial charge in [0.05, 0.1) is 5.69 Å². The fourth-order valence-electron chi connectivity index (χ4n) is 2.12. The van der Waals surface area contributed by atoms with E-state index in [2.05, 4.69) is 15.3 Å². The van der Waals surface area contributed by atoms with Gasteiger partial charge in [0, 0.05) is 24.5 Å². The topological polar surface area (TPSA) is 54.9 Å². The molecule has 4 nitrogen and oxygen atoms in total. The molecular weight excluding hydrogens is 313 g/mol. The number of aryl methyl sites for hydroxylation is 1. The van der Waals surface area contributed by atoms with Crippen molar-refractivity contribution in [3.05, 3.63) is 70.7 Å². The van der Waals surface area contributed by atoms with E-state index >= 15 is 0 Å². The lowest BCUT2D eigenvalue weighted by Crippen LogP contribution is -2.22. The van der Waals surface area contributed by atoms with Gasteiger partial charge in [-0.05, 0) is 36.8 Å². The van der Waals surface area contributed by atoms with E-state index in [-0.39, 0.29) is 11.7 Å². The van der Waals surface area contributed by atoms with E-state index in [0.29, 0.717) is 27.7 Å². The molecule has 0 aliphatic heterocycles. The number of amides is 1. The van der Waals surface area contributed by atoms with Gasteiger partial charge in [-0.25, -0.2) is 9.37 Å². The summed E-state index contributed by atoms with van der Waals surface area (Å²) < 4.78 is 13.8. The molecule has 23 heavy (non-hydrogen) atoms. The molecule has 0 aliphatic carbocycles. The van der Waals surface area contributed by atoms with Crippen LogP contribution in [0.2, 0.25) is 0 Å². The standard InChI is InChI=1S/C17H14FN3OS/c1-11-15(16(22)20-10-12-6-8-19-9-7-12)23-17(21-11)13-4-2-3-5-14(13)18/h2-9H,10H2,1H3,(H,20,22). The van der Waals surface area contributed by atoms with Crippen molar-refractivity contribution >= 4 is 17.2 Å². The second kappa shape index (κ2) is 6.66. The lowest BCUT2D eigenvalue weighted by atomic mass is 10.2. The van der Waals surface area contributed by atoms with Crippen molar-refractivity contribution in [2.45, 2.75) is 13.5 Å². The highest BCUT2D eigenvalue weighted by molar-refractivity contribution is 7.17. The highest BCUT2D eigenvalue weighted by atomic mass is 32.1. The van der Waals surface area contributed by atoms with Crippen LogP contribution in [0.5, 0.6) is 0 Å². The normalized spacial score (nSPS) is 10.5. The fourth-order valence-corrected chi connectivity index (χ4v) is 3.13. The maximum Gasteiger partial charge on any atom is 0.263 e. The Morgan fingerprint density at radius 1 is 1.22 bits per heavy atom. The Kier molecular flexibility index (Phi) is 4.43. The van der Waals surface area contributed by atoms with Crippen molar-refractivity contribution < 1.29 is 9.18 Å². The predicted octanol–water partition coefficient (Wildman–Crippen LogP) is 3.58. The van der Waals surface area contributed by atoms with E-state index in [9.17, 15) is 9.18 Å². The predicted molar refractivity (Wildman–Crippen MR) is 87.7 cm³/mol. The summed E-state index contributed by atoms with van der Waals surface area (Å²) in [5.41, 5.74) is 1.97. The van der Waals surface area contributed by atoms with E-state index in [1.807, 2.05) is 12.1 Å². The van der Waals surface area contributed by atoms with Gasteiger partial charge in [-0.2, -0.15) is 0 Å². The summed E-state index contributed by atoms with van der Waals surface area (Å²) in [6.45, 7) is 2.16. The highest BCUT2D eigenvalue weighted by Crippen LogP contribution is 2.29. The first-order valence-corrected chi connectivity index (χ1v) is 7.86. The van der Waals surface area contributed by atoms with Crippen molar-refractivity contribution in [3.63, 3.8) is 0 Å². The van der Waals surface area contributed by atoms with Crippen LogP contribution in [0.25, 0.3) is 10.6 Å². The van der Waals surface area contributed by atoms with Crippen LogP contribution in [0.4, 0.5) is 4.39 Å². The lowest BCUT2D eigenvalue weighted by Gasteiger charge is -2.03. The molecule has 0 saturated heterocycles. The van der Waals surface area contributed by atoms with E-state index < -0.39 is 0 Å². The smallest absolute Gasteiger partial charge is 0.263 e. The number of hydrogen-bond donors (Lipinski definition) is 1. The minimum absolute atomic E-state index is 0.209. The van der Waals surface area contributed by atoms with Gasteiger partial charge < -0.3 is 5.32 Å². The first-order chi connectivity index (χ1) is 11.1. The van der Waals surface area contributed by atoms with Crippen molar-refractivity contribution in [1.29, 1.82) is 0 Å². The third-order valence-corrected chi connectivity index (χ3v) is 4.50. The molecule has 1 aromatic carbocycles. The minimum Gasteiger partial charge on any atom is -0.347 e. The van der Waals surface area contributed by atoms with Crippen LogP contribution in [-0.2, 0) is 6.54 Å². The Bertz CT molecular complexity index is 833. The molecule has 2 aromatic heterocycles. The van der Waals surface area contributed by atoms with E-state index in [0.717, 1.165) is 5.56 Å². The molecule has 1 N–H and O–H groups in total. The van der Waals surface area contributed by atoms with Crippen LogP contribution in [0.1, 0.15) is 20.9 Å². The molecule has 0 atom stereocenters. The molecule has 116 valence electrons. The maximum atomic E-state index is 13.8. The Morgan fingerprint density at radius 3 is 2.70 bits per heavy atom. The van der Waals surface area contributed by atoms with Crippen LogP contribution in [0, 0.1) is 12.7 Å². The summed E-state index contributed by atoms with van der Waals surface area (Å²) in [7, 11) is 0. The molecular formula is C17H14FN3OS. The second-order valence-corrected chi connectivity index (χ2v) is 5.95. The van der Waals surface area contributed by atoms with E-state index in [4.69, 9.17) is 0 Å². The molecule has 2 heterocycles.